The molecule has 0 saturated carbocycles. The molecular formula is C13H15ClN6. The lowest BCUT2D eigenvalue weighted by Crippen LogP contribution is -2.11. The molecule has 20 heavy (non-hydrogen) atoms. The maximum Gasteiger partial charge on any atom is 0.152 e. The zero-order chi connectivity index (χ0) is 13.9. The van der Waals surface area contributed by atoms with Crippen molar-refractivity contribution in [1.82, 2.24) is 29.3 Å². The zero-order valence-electron chi connectivity index (χ0n) is 11.2. The summed E-state index contributed by atoms with van der Waals surface area (Å²) in [5.74, 6) is 2.41. The smallest absolute Gasteiger partial charge is 0.152 e. The summed E-state index contributed by atoms with van der Waals surface area (Å²) in [6, 6.07) is 1.96. The topological polar surface area (TPSA) is 61.4 Å². The van der Waals surface area contributed by atoms with Crippen LogP contribution >= 0.6 is 11.6 Å². The molecule has 0 aromatic carbocycles. The van der Waals surface area contributed by atoms with Gasteiger partial charge in [0.25, 0.3) is 0 Å². The standard InChI is InChI=1S/C13H15ClN6/c1-2-19-9-16-18-13(19)8-20-11-4-6-15-7-10(11)17-12(20)3-5-14/h4,6-7,9H,2-3,5,8H2,1H3. The van der Waals surface area contributed by atoms with Gasteiger partial charge in [-0.25, -0.2) is 4.98 Å². The Balaban J connectivity index is 2.06. The van der Waals surface area contributed by atoms with E-state index in [1.54, 1.807) is 18.7 Å². The highest BCUT2D eigenvalue weighted by Gasteiger charge is 2.13. The Kier molecular flexibility index (Phi) is 3.64. The van der Waals surface area contributed by atoms with Crippen LogP contribution in [0.25, 0.3) is 11.0 Å². The average Bonchev–Trinajstić information content (AvgIpc) is 3.05. The molecule has 0 aliphatic carbocycles. The van der Waals surface area contributed by atoms with Crippen molar-refractivity contribution in [3.63, 3.8) is 0 Å². The van der Waals surface area contributed by atoms with E-state index in [4.69, 9.17) is 11.6 Å². The third-order valence-electron chi connectivity index (χ3n) is 3.28. The van der Waals surface area contributed by atoms with Crippen molar-refractivity contribution < 1.29 is 0 Å². The molecule has 3 aromatic rings. The molecule has 0 fully saturated rings. The summed E-state index contributed by atoms with van der Waals surface area (Å²) in [5.41, 5.74) is 1.93. The van der Waals surface area contributed by atoms with Crippen molar-refractivity contribution in [1.29, 1.82) is 0 Å². The van der Waals surface area contributed by atoms with E-state index in [0.29, 0.717) is 12.4 Å². The molecule has 0 saturated heterocycles. The molecule has 0 bridgehead atoms. The minimum absolute atomic E-state index is 0.539. The van der Waals surface area contributed by atoms with E-state index in [2.05, 4.69) is 31.7 Å². The number of nitrogens with zero attached hydrogens (tertiary/aromatic N) is 6. The normalized spacial score (nSPS) is 11.3. The number of fused-ring (bicyclic) bond motifs is 1. The number of hydrogen-bond acceptors (Lipinski definition) is 4. The Labute approximate surface area is 121 Å². The molecule has 0 atom stereocenters. The van der Waals surface area contributed by atoms with E-state index in [0.717, 1.165) is 35.6 Å². The lowest BCUT2D eigenvalue weighted by atomic mass is 10.4. The van der Waals surface area contributed by atoms with Crippen LogP contribution in [-0.2, 0) is 19.5 Å². The van der Waals surface area contributed by atoms with Gasteiger partial charge in [-0.3, -0.25) is 4.98 Å². The second-order valence-electron chi connectivity index (χ2n) is 4.45. The number of alkyl halides is 1. The Morgan fingerprint density at radius 2 is 2.20 bits per heavy atom. The predicted octanol–water partition coefficient (Wildman–Crippen LogP) is 1.87. The Morgan fingerprint density at radius 1 is 1.30 bits per heavy atom. The molecule has 0 aliphatic rings. The Hall–Kier alpha value is -1.95. The highest BCUT2D eigenvalue weighted by molar-refractivity contribution is 6.17. The van der Waals surface area contributed by atoms with Crippen molar-refractivity contribution in [2.75, 3.05) is 5.88 Å². The molecule has 3 heterocycles. The van der Waals surface area contributed by atoms with Gasteiger partial charge in [-0.1, -0.05) is 0 Å². The Morgan fingerprint density at radius 3 is 3.00 bits per heavy atom. The van der Waals surface area contributed by atoms with E-state index >= 15 is 0 Å². The van der Waals surface area contributed by atoms with Crippen molar-refractivity contribution in [2.45, 2.75) is 26.4 Å². The minimum atomic E-state index is 0.539. The molecule has 0 spiro atoms. The summed E-state index contributed by atoms with van der Waals surface area (Å²) in [5, 5.41) is 8.16. The molecule has 6 nitrogen and oxygen atoms in total. The van der Waals surface area contributed by atoms with Crippen LogP contribution in [0.2, 0.25) is 0 Å². The minimum Gasteiger partial charge on any atom is -0.320 e. The highest BCUT2D eigenvalue weighted by Crippen LogP contribution is 2.17. The molecule has 104 valence electrons. The average molecular weight is 291 g/mol. The SMILES string of the molecule is CCn1cnnc1Cn1c(CCCl)nc2cnccc21. The maximum atomic E-state index is 5.87. The molecule has 3 aromatic heterocycles. The van der Waals surface area contributed by atoms with Crippen LogP contribution in [0.1, 0.15) is 18.6 Å². The van der Waals surface area contributed by atoms with E-state index in [9.17, 15) is 0 Å². The number of halogens is 1. The quantitative estimate of drug-likeness (QED) is 0.673. The second kappa shape index (κ2) is 5.58. The van der Waals surface area contributed by atoms with E-state index in [1.165, 1.54) is 0 Å². The molecule has 7 heteroatoms. The third-order valence-corrected chi connectivity index (χ3v) is 3.47. The Bertz CT molecular complexity index is 717. The van der Waals surface area contributed by atoms with Gasteiger partial charge >= 0.3 is 0 Å². The van der Waals surface area contributed by atoms with Crippen LogP contribution < -0.4 is 0 Å². The van der Waals surface area contributed by atoms with Gasteiger partial charge in [0.15, 0.2) is 5.82 Å². The van der Waals surface area contributed by atoms with Gasteiger partial charge in [-0.2, -0.15) is 0 Å². The highest BCUT2D eigenvalue weighted by atomic mass is 35.5. The van der Waals surface area contributed by atoms with Gasteiger partial charge in [-0.15, -0.1) is 21.8 Å². The van der Waals surface area contributed by atoms with Gasteiger partial charge < -0.3 is 9.13 Å². The van der Waals surface area contributed by atoms with E-state index in [-0.39, 0.29) is 0 Å². The lowest BCUT2D eigenvalue weighted by molar-refractivity contribution is 0.642. The fourth-order valence-electron chi connectivity index (χ4n) is 2.29. The van der Waals surface area contributed by atoms with Gasteiger partial charge in [0.2, 0.25) is 0 Å². The van der Waals surface area contributed by atoms with Crippen LogP contribution in [0.3, 0.4) is 0 Å². The monoisotopic (exact) mass is 290 g/mol. The van der Waals surface area contributed by atoms with Gasteiger partial charge in [0, 0.05) is 25.0 Å². The number of hydrogen-bond donors (Lipinski definition) is 0. The molecule has 0 N–H and O–H groups in total. The first-order valence-electron chi connectivity index (χ1n) is 6.55. The molecular weight excluding hydrogens is 276 g/mol. The summed E-state index contributed by atoms with van der Waals surface area (Å²) >= 11 is 5.87. The maximum absolute atomic E-state index is 5.87. The molecule has 0 amide bonds. The molecule has 0 unspecified atom stereocenters. The van der Waals surface area contributed by atoms with Crippen LogP contribution in [0.5, 0.6) is 0 Å². The number of aromatic nitrogens is 6. The van der Waals surface area contributed by atoms with Crippen molar-refractivity contribution in [3.05, 3.63) is 36.4 Å². The number of rotatable bonds is 5. The van der Waals surface area contributed by atoms with Crippen LogP contribution in [0, 0.1) is 0 Å². The summed E-state index contributed by atoms with van der Waals surface area (Å²) in [4.78, 5) is 8.71. The van der Waals surface area contributed by atoms with Crippen molar-refractivity contribution in [3.8, 4) is 0 Å². The van der Waals surface area contributed by atoms with E-state index in [1.807, 2.05) is 10.6 Å². The largest absolute Gasteiger partial charge is 0.320 e. The van der Waals surface area contributed by atoms with E-state index < -0.39 is 0 Å². The van der Waals surface area contributed by atoms with Crippen molar-refractivity contribution in [2.24, 2.45) is 0 Å². The van der Waals surface area contributed by atoms with Gasteiger partial charge in [0.1, 0.15) is 17.7 Å². The van der Waals surface area contributed by atoms with Gasteiger partial charge in [-0.05, 0) is 13.0 Å². The predicted molar refractivity (Wildman–Crippen MR) is 76.8 cm³/mol. The number of imidazole rings is 1. The summed E-state index contributed by atoms with van der Waals surface area (Å²) < 4.78 is 4.16. The summed E-state index contributed by atoms with van der Waals surface area (Å²) in [7, 11) is 0. The molecule has 3 rings (SSSR count). The van der Waals surface area contributed by atoms with Gasteiger partial charge in [0.05, 0.1) is 18.3 Å². The first kappa shape index (κ1) is 13.1. The first-order valence-corrected chi connectivity index (χ1v) is 7.08. The van der Waals surface area contributed by atoms with Crippen LogP contribution in [0.4, 0.5) is 0 Å². The third kappa shape index (κ3) is 2.27. The van der Waals surface area contributed by atoms with Crippen LogP contribution in [-0.4, -0.2) is 35.2 Å². The second-order valence-corrected chi connectivity index (χ2v) is 4.83. The van der Waals surface area contributed by atoms with Crippen LogP contribution in [0.15, 0.2) is 24.8 Å². The van der Waals surface area contributed by atoms with Crippen molar-refractivity contribution >= 4 is 22.6 Å². The summed E-state index contributed by atoms with van der Waals surface area (Å²) in [6.07, 6.45) is 6.01. The number of aryl methyl sites for hydroxylation is 2. The number of pyridine rings is 1. The fourth-order valence-corrected chi connectivity index (χ4v) is 2.46. The first-order chi connectivity index (χ1) is 9.83. The molecule has 0 radical (unpaired) electrons. The fraction of sp³-hybridized carbons (Fsp3) is 0.385. The zero-order valence-corrected chi connectivity index (χ0v) is 12.0. The lowest BCUT2D eigenvalue weighted by Gasteiger charge is -2.08. The summed E-state index contributed by atoms with van der Waals surface area (Å²) in [6.45, 7) is 3.56. The molecule has 0 aliphatic heterocycles.